The maximum atomic E-state index is 13.8. The molecule has 0 aromatic heterocycles. The molecule has 2 unspecified atom stereocenters. The van der Waals surface area contributed by atoms with Gasteiger partial charge in [-0.05, 0) is 57.0 Å². The molecule has 20 heavy (non-hydrogen) atoms. The minimum atomic E-state index is -0.411. The van der Waals surface area contributed by atoms with Crippen LogP contribution in [0.15, 0.2) is 18.2 Å². The Balaban J connectivity index is 2.99. The van der Waals surface area contributed by atoms with E-state index >= 15 is 0 Å². The SMILES string of the molecule is CCNC(Cc1cc(F)ccc1F)C(C)(CC)OCC. The van der Waals surface area contributed by atoms with Crippen molar-refractivity contribution in [1.82, 2.24) is 5.32 Å². The van der Waals surface area contributed by atoms with Crippen molar-refractivity contribution in [3.63, 3.8) is 0 Å². The molecule has 0 radical (unpaired) electrons. The Morgan fingerprint density at radius 3 is 2.50 bits per heavy atom. The highest BCUT2D eigenvalue weighted by molar-refractivity contribution is 5.20. The van der Waals surface area contributed by atoms with Gasteiger partial charge in [-0.1, -0.05) is 13.8 Å². The summed E-state index contributed by atoms with van der Waals surface area (Å²) in [5, 5.41) is 3.34. The molecule has 0 bridgehead atoms. The summed E-state index contributed by atoms with van der Waals surface area (Å²) < 4.78 is 33.0. The zero-order valence-corrected chi connectivity index (χ0v) is 12.8. The Labute approximate surface area is 120 Å². The molecule has 1 aromatic rings. The van der Waals surface area contributed by atoms with Crippen molar-refractivity contribution in [2.75, 3.05) is 13.2 Å². The number of nitrogens with one attached hydrogen (secondary N) is 1. The maximum absolute atomic E-state index is 13.8. The predicted octanol–water partition coefficient (Wildman–Crippen LogP) is 3.69. The second-order valence-electron chi connectivity index (χ2n) is 5.15. The highest BCUT2D eigenvalue weighted by atomic mass is 19.1. The predicted molar refractivity (Wildman–Crippen MR) is 77.8 cm³/mol. The lowest BCUT2D eigenvalue weighted by Crippen LogP contribution is -2.51. The van der Waals surface area contributed by atoms with E-state index in [4.69, 9.17) is 4.74 Å². The molecule has 2 atom stereocenters. The van der Waals surface area contributed by atoms with Gasteiger partial charge in [-0.2, -0.15) is 0 Å². The Morgan fingerprint density at radius 1 is 1.25 bits per heavy atom. The fourth-order valence-corrected chi connectivity index (χ4v) is 2.45. The van der Waals surface area contributed by atoms with Gasteiger partial charge in [-0.15, -0.1) is 0 Å². The first kappa shape index (κ1) is 17.1. The number of ether oxygens (including phenoxy) is 1. The quantitative estimate of drug-likeness (QED) is 0.786. The number of likely N-dealkylation sites (N-methyl/N-ethyl adjacent to an activating group) is 1. The molecule has 1 N–H and O–H groups in total. The fourth-order valence-electron chi connectivity index (χ4n) is 2.45. The first-order valence-corrected chi connectivity index (χ1v) is 7.28. The average molecular weight is 285 g/mol. The van der Waals surface area contributed by atoms with Gasteiger partial charge in [0.2, 0.25) is 0 Å². The molecule has 0 aliphatic rings. The fraction of sp³-hybridized carbons (Fsp3) is 0.625. The van der Waals surface area contributed by atoms with Gasteiger partial charge in [-0.25, -0.2) is 8.78 Å². The molecular weight excluding hydrogens is 260 g/mol. The van der Waals surface area contributed by atoms with Crippen molar-refractivity contribution >= 4 is 0 Å². The van der Waals surface area contributed by atoms with Crippen molar-refractivity contribution < 1.29 is 13.5 Å². The molecule has 0 spiro atoms. The summed E-state index contributed by atoms with van der Waals surface area (Å²) in [7, 11) is 0. The van der Waals surface area contributed by atoms with Gasteiger partial charge < -0.3 is 10.1 Å². The Hall–Kier alpha value is -1.00. The molecule has 0 amide bonds. The van der Waals surface area contributed by atoms with Crippen LogP contribution in [0.4, 0.5) is 8.78 Å². The summed E-state index contributed by atoms with van der Waals surface area (Å²) in [5.41, 5.74) is -0.0147. The van der Waals surface area contributed by atoms with Crippen LogP contribution in [0.1, 0.15) is 39.7 Å². The molecule has 0 aliphatic heterocycles. The Morgan fingerprint density at radius 2 is 1.95 bits per heavy atom. The third kappa shape index (κ3) is 4.25. The first-order valence-electron chi connectivity index (χ1n) is 7.28. The summed E-state index contributed by atoms with van der Waals surface area (Å²) in [6, 6.07) is 3.52. The van der Waals surface area contributed by atoms with E-state index in [1.54, 1.807) is 0 Å². The Bertz CT molecular complexity index is 425. The summed E-state index contributed by atoms with van der Waals surface area (Å²) >= 11 is 0. The smallest absolute Gasteiger partial charge is 0.126 e. The number of rotatable bonds is 8. The van der Waals surface area contributed by atoms with Crippen molar-refractivity contribution in [3.05, 3.63) is 35.4 Å². The lowest BCUT2D eigenvalue weighted by atomic mass is 9.88. The summed E-state index contributed by atoms with van der Waals surface area (Å²) in [6.07, 6.45) is 1.21. The van der Waals surface area contributed by atoms with E-state index in [-0.39, 0.29) is 11.9 Å². The van der Waals surface area contributed by atoms with Crippen molar-refractivity contribution in [3.8, 4) is 0 Å². The van der Waals surface area contributed by atoms with Crippen LogP contribution in [-0.4, -0.2) is 24.8 Å². The zero-order chi connectivity index (χ0) is 15.2. The normalized spacial score (nSPS) is 15.9. The van der Waals surface area contributed by atoms with E-state index < -0.39 is 11.4 Å². The summed E-state index contributed by atoms with van der Waals surface area (Å²) in [6.45, 7) is 9.35. The largest absolute Gasteiger partial charge is 0.374 e. The third-order valence-electron chi connectivity index (χ3n) is 3.80. The van der Waals surface area contributed by atoms with E-state index in [2.05, 4.69) is 5.32 Å². The monoisotopic (exact) mass is 285 g/mol. The van der Waals surface area contributed by atoms with Crippen LogP contribution in [-0.2, 0) is 11.2 Å². The van der Waals surface area contributed by atoms with Crippen LogP contribution in [0.25, 0.3) is 0 Å². The minimum Gasteiger partial charge on any atom is -0.374 e. The van der Waals surface area contributed by atoms with E-state index in [0.717, 1.165) is 19.0 Å². The minimum absolute atomic E-state index is 0.0613. The van der Waals surface area contributed by atoms with Gasteiger partial charge in [-0.3, -0.25) is 0 Å². The van der Waals surface area contributed by atoms with Crippen LogP contribution < -0.4 is 5.32 Å². The number of hydrogen-bond donors (Lipinski definition) is 1. The van der Waals surface area contributed by atoms with Crippen LogP contribution in [0.2, 0.25) is 0 Å². The highest BCUT2D eigenvalue weighted by Gasteiger charge is 2.33. The number of hydrogen-bond acceptors (Lipinski definition) is 2. The molecule has 0 heterocycles. The van der Waals surface area contributed by atoms with Gasteiger partial charge in [0, 0.05) is 12.6 Å². The zero-order valence-electron chi connectivity index (χ0n) is 12.8. The molecule has 0 fully saturated rings. The van der Waals surface area contributed by atoms with Gasteiger partial charge in [0.05, 0.1) is 5.60 Å². The summed E-state index contributed by atoms with van der Waals surface area (Å²) in [5.74, 6) is -0.782. The van der Waals surface area contributed by atoms with Crippen molar-refractivity contribution in [1.29, 1.82) is 0 Å². The van der Waals surface area contributed by atoms with Gasteiger partial charge >= 0.3 is 0 Å². The van der Waals surface area contributed by atoms with E-state index in [0.29, 0.717) is 18.6 Å². The van der Waals surface area contributed by atoms with Crippen molar-refractivity contribution in [2.45, 2.75) is 52.2 Å². The molecule has 1 rings (SSSR count). The highest BCUT2D eigenvalue weighted by Crippen LogP contribution is 2.24. The summed E-state index contributed by atoms with van der Waals surface area (Å²) in [4.78, 5) is 0. The molecule has 0 saturated heterocycles. The second-order valence-corrected chi connectivity index (χ2v) is 5.15. The number of benzene rings is 1. The molecule has 4 heteroatoms. The van der Waals surface area contributed by atoms with Crippen LogP contribution >= 0.6 is 0 Å². The number of halogens is 2. The molecule has 114 valence electrons. The molecular formula is C16H25F2NO. The average Bonchev–Trinajstić information content (AvgIpc) is 2.42. The second kappa shape index (κ2) is 7.70. The van der Waals surface area contributed by atoms with Crippen LogP contribution in [0.5, 0.6) is 0 Å². The standard InChI is InChI=1S/C16H25F2NO/c1-5-16(4,20-7-3)15(19-6-2)11-12-10-13(17)8-9-14(12)18/h8-10,15,19H,5-7,11H2,1-4H3. The molecule has 0 saturated carbocycles. The van der Waals surface area contributed by atoms with Crippen LogP contribution in [0.3, 0.4) is 0 Å². The van der Waals surface area contributed by atoms with Gasteiger partial charge in [0.1, 0.15) is 11.6 Å². The molecule has 1 aromatic carbocycles. The topological polar surface area (TPSA) is 21.3 Å². The van der Waals surface area contributed by atoms with Crippen LogP contribution in [0, 0.1) is 11.6 Å². The van der Waals surface area contributed by atoms with E-state index in [1.807, 2.05) is 27.7 Å². The Kier molecular flexibility index (Phi) is 6.56. The molecule has 0 aliphatic carbocycles. The van der Waals surface area contributed by atoms with E-state index in [9.17, 15) is 8.78 Å². The lowest BCUT2D eigenvalue weighted by molar-refractivity contribution is -0.0548. The lowest BCUT2D eigenvalue weighted by Gasteiger charge is -2.37. The first-order chi connectivity index (χ1) is 9.46. The van der Waals surface area contributed by atoms with Gasteiger partial charge in [0.15, 0.2) is 0 Å². The van der Waals surface area contributed by atoms with Crippen molar-refractivity contribution in [2.24, 2.45) is 0 Å². The third-order valence-corrected chi connectivity index (χ3v) is 3.80. The maximum Gasteiger partial charge on any atom is 0.126 e. The van der Waals surface area contributed by atoms with E-state index in [1.165, 1.54) is 12.1 Å². The molecule has 2 nitrogen and oxygen atoms in total. The van der Waals surface area contributed by atoms with Gasteiger partial charge in [0.25, 0.3) is 0 Å².